The lowest BCUT2D eigenvalue weighted by molar-refractivity contribution is -0.117. The lowest BCUT2D eigenvalue weighted by Crippen LogP contribution is -2.41. The predicted octanol–water partition coefficient (Wildman–Crippen LogP) is 2.67. The Morgan fingerprint density at radius 3 is 2.75 bits per heavy atom. The first-order chi connectivity index (χ1) is 11.6. The summed E-state index contributed by atoms with van der Waals surface area (Å²) in [6, 6.07) is 8.60. The van der Waals surface area contributed by atoms with E-state index in [-0.39, 0.29) is 12.5 Å². The van der Waals surface area contributed by atoms with E-state index in [4.69, 9.17) is 4.74 Å². The second-order valence-electron chi connectivity index (χ2n) is 5.64. The number of ether oxygens (including phenoxy) is 1. The van der Waals surface area contributed by atoms with Gasteiger partial charge in [-0.3, -0.25) is 10.1 Å². The first-order valence-electron chi connectivity index (χ1n) is 7.73. The standard InChI is InChI=1S/C16H18N4O3S/c1-10(17-16(22)23-9-11-5-3-2-4-6-11)13(21)18-15-20-19-14(24-15)12-7-8-12/h2-6,10,12H,7-9H2,1H3,(H,17,22)(H,18,20,21)/t10-/m1/s1. The molecule has 0 saturated heterocycles. The monoisotopic (exact) mass is 346 g/mol. The summed E-state index contributed by atoms with van der Waals surface area (Å²) in [5.41, 5.74) is 0.881. The molecule has 1 aromatic carbocycles. The zero-order valence-electron chi connectivity index (χ0n) is 13.2. The van der Waals surface area contributed by atoms with E-state index < -0.39 is 12.1 Å². The van der Waals surface area contributed by atoms with Crippen LogP contribution in [0.1, 0.15) is 36.3 Å². The summed E-state index contributed by atoms with van der Waals surface area (Å²) < 4.78 is 5.09. The van der Waals surface area contributed by atoms with Gasteiger partial charge in [0.05, 0.1) is 0 Å². The van der Waals surface area contributed by atoms with Crippen molar-refractivity contribution in [2.75, 3.05) is 5.32 Å². The summed E-state index contributed by atoms with van der Waals surface area (Å²) >= 11 is 1.38. The number of carbonyl (C=O) groups excluding carboxylic acids is 2. The van der Waals surface area contributed by atoms with Crippen molar-refractivity contribution in [3.8, 4) is 0 Å². The number of nitrogens with one attached hydrogen (secondary N) is 2. The van der Waals surface area contributed by atoms with Gasteiger partial charge in [-0.15, -0.1) is 10.2 Å². The van der Waals surface area contributed by atoms with Crippen LogP contribution in [0.5, 0.6) is 0 Å². The lowest BCUT2D eigenvalue weighted by Gasteiger charge is -2.13. The summed E-state index contributed by atoms with van der Waals surface area (Å²) in [5.74, 6) is 0.141. The van der Waals surface area contributed by atoms with Crippen LogP contribution in [0.4, 0.5) is 9.93 Å². The first-order valence-corrected chi connectivity index (χ1v) is 8.55. The number of aromatic nitrogens is 2. The van der Waals surface area contributed by atoms with E-state index in [1.54, 1.807) is 6.92 Å². The zero-order chi connectivity index (χ0) is 16.9. The van der Waals surface area contributed by atoms with Crippen LogP contribution in [0.2, 0.25) is 0 Å². The van der Waals surface area contributed by atoms with Gasteiger partial charge in [-0.1, -0.05) is 41.7 Å². The molecule has 0 aliphatic heterocycles. The van der Waals surface area contributed by atoms with Crippen molar-refractivity contribution in [1.29, 1.82) is 0 Å². The number of amides is 2. The van der Waals surface area contributed by atoms with Crippen LogP contribution in [0, 0.1) is 0 Å². The molecule has 1 atom stereocenters. The molecule has 7 nitrogen and oxygen atoms in total. The van der Waals surface area contributed by atoms with E-state index in [1.165, 1.54) is 11.3 Å². The van der Waals surface area contributed by atoms with Crippen LogP contribution >= 0.6 is 11.3 Å². The maximum Gasteiger partial charge on any atom is 0.408 e. The van der Waals surface area contributed by atoms with E-state index in [2.05, 4.69) is 20.8 Å². The topological polar surface area (TPSA) is 93.2 Å². The molecule has 24 heavy (non-hydrogen) atoms. The molecule has 0 bridgehead atoms. The van der Waals surface area contributed by atoms with Gasteiger partial charge in [-0.05, 0) is 25.3 Å². The highest BCUT2D eigenvalue weighted by Crippen LogP contribution is 2.42. The van der Waals surface area contributed by atoms with Crippen molar-refractivity contribution in [1.82, 2.24) is 15.5 Å². The normalized spacial score (nSPS) is 14.7. The number of hydrogen-bond acceptors (Lipinski definition) is 6. The molecule has 0 radical (unpaired) electrons. The number of nitrogens with zero attached hydrogens (tertiary/aromatic N) is 2. The van der Waals surface area contributed by atoms with Crippen molar-refractivity contribution in [2.24, 2.45) is 0 Å². The molecule has 0 spiro atoms. The summed E-state index contributed by atoms with van der Waals surface area (Å²) in [6.07, 6.45) is 1.62. The Bertz CT molecular complexity index is 715. The molecule has 0 unspecified atom stereocenters. The van der Waals surface area contributed by atoms with Crippen LogP contribution < -0.4 is 10.6 Å². The van der Waals surface area contributed by atoms with Gasteiger partial charge in [-0.2, -0.15) is 0 Å². The third-order valence-corrected chi connectivity index (χ3v) is 4.54. The van der Waals surface area contributed by atoms with Gasteiger partial charge >= 0.3 is 6.09 Å². The Morgan fingerprint density at radius 2 is 2.04 bits per heavy atom. The maximum absolute atomic E-state index is 12.1. The van der Waals surface area contributed by atoms with Crippen LogP contribution in [-0.4, -0.2) is 28.2 Å². The van der Waals surface area contributed by atoms with E-state index in [0.717, 1.165) is 23.4 Å². The molecule has 2 amide bonds. The second kappa shape index (κ2) is 7.39. The van der Waals surface area contributed by atoms with Crippen LogP contribution in [0.3, 0.4) is 0 Å². The minimum Gasteiger partial charge on any atom is -0.445 e. The number of benzene rings is 1. The quantitative estimate of drug-likeness (QED) is 0.839. The fourth-order valence-electron chi connectivity index (χ4n) is 2.00. The summed E-state index contributed by atoms with van der Waals surface area (Å²) in [6.45, 7) is 1.74. The van der Waals surface area contributed by atoms with Crippen LogP contribution in [0.15, 0.2) is 30.3 Å². The van der Waals surface area contributed by atoms with E-state index in [9.17, 15) is 9.59 Å². The Labute approximate surface area is 143 Å². The summed E-state index contributed by atoms with van der Waals surface area (Å²) in [7, 11) is 0. The van der Waals surface area contributed by atoms with E-state index in [1.807, 2.05) is 30.3 Å². The van der Waals surface area contributed by atoms with Crippen molar-refractivity contribution < 1.29 is 14.3 Å². The molecule has 2 N–H and O–H groups in total. The Kier molecular flexibility index (Phi) is 5.05. The molecule has 1 saturated carbocycles. The molecular formula is C16H18N4O3S. The second-order valence-corrected chi connectivity index (χ2v) is 6.65. The molecule has 126 valence electrons. The average molecular weight is 346 g/mol. The molecular weight excluding hydrogens is 328 g/mol. The highest BCUT2D eigenvalue weighted by atomic mass is 32.1. The van der Waals surface area contributed by atoms with E-state index in [0.29, 0.717) is 11.0 Å². The SMILES string of the molecule is C[C@@H](NC(=O)OCc1ccccc1)C(=O)Nc1nnc(C2CC2)s1. The van der Waals surface area contributed by atoms with Crippen molar-refractivity contribution in [3.63, 3.8) is 0 Å². The number of alkyl carbamates (subject to hydrolysis) is 1. The average Bonchev–Trinajstić information content (AvgIpc) is 3.34. The van der Waals surface area contributed by atoms with Gasteiger partial charge in [0.1, 0.15) is 17.7 Å². The zero-order valence-corrected chi connectivity index (χ0v) is 14.0. The minimum absolute atomic E-state index is 0.155. The number of anilines is 1. The molecule has 1 fully saturated rings. The highest BCUT2D eigenvalue weighted by molar-refractivity contribution is 7.15. The molecule has 1 aromatic heterocycles. The molecule has 8 heteroatoms. The third-order valence-electron chi connectivity index (χ3n) is 3.54. The third kappa shape index (κ3) is 4.51. The van der Waals surface area contributed by atoms with Gasteiger partial charge in [0, 0.05) is 5.92 Å². The summed E-state index contributed by atoms with van der Waals surface area (Å²) in [5, 5.41) is 14.6. The van der Waals surface area contributed by atoms with Crippen molar-refractivity contribution >= 4 is 28.5 Å². The Balaban J connectivity index is 1.43. The smallest absolute Gasteiger partial charge is 0.408 e. The Morgan fingerprint density at radius 1 is 1.29 bits per heavy atom. The number of hydrogen-bond donors (Lipinski definition) is 2. The maximum atomic E-state index is 12.1. The van der Waals surface area contributed by atoms with Gasteiger partial charge in [-0.25, -0.2) is 4.79 Å². The van der Waals surface area contributed by atoms with Crippen LogP contribution in [0.25, 0.3) is 0 Å². The number of rotatable bonds is 6. The van der Waals surface area contributed by atoms with Crippen molar-refractivity contribution in [3.05, 3.63) is 40.9 Å². The fraction of sp³-hybridized carbons (Fsp3) is 0.375. The van der Waals surface area contributed by atoms with Crippen LogP contribution in [-0.2, 0) is 16.1 Å². The largest absolute Gasteiger partial charge is 0.445 e. The highest BCUT2D eigenvalue weighted by Gasteiger charge is 2.28. The van der Waals surface area contributed by atoms with Gasteiger partial charge < -0.3 is 10.1 Å². The minimum atomic E-state index is -0.735. The lowest BCUT2D eigenvalue weighted by atomic mass is 10.2. The molecule has 1 aliphatic rings. The summed E-state index contributed by atoms with van der Waals surface area (Å²) in [4.78, 5) is 23.8. The molecule has 3 rings (SSSR count). The first kappa shape index (κ1) is 16.4. The molecule has 2 aromatic rings. The predicted molar refractivity (Wildman–Crippen MR) is 89.7 cm³/mol. The fourth-order valence-corrected chi connectivity index (χ4v) is 2.92. The Hall–Kier alpha value is -2.48. The van der Waals surface area contributed by atoms with Gasteiger partial charge in [0.2, 0.25) is 11.0 Å². The van der Waals surface area contributed by atoms with Crippen molar-refractivity contribution in [2.45, 2.75) is 38.3 Å². The van der Waals surface area contributed by atoms with E-state index >= 15 is 0 Å². The molecule has 1 heterocycles. The number of carbonyl (C=O) groups is 2. The van der Waals surface area contributed by atoms with Gasteiger partial charge in [0.25, 0.3) is 0 Å². The molecule has 1 aliphatic carbocycles. The van der Waals surface area contributed by atoms with Gasteiger partial charge in [0.15, 0.2) is 0 Å².